The zero-order valence-corrected chi connectivity index (χ0v) is 12.2. The molecule has 3 N–H and O–H groups in total. The third-order valence-electron chi connectivity index (χ3n) is 3.16. The van der Waals surface area contributed by atoms with Gasteiger partial charge in [0.05, 0.1) is 4.92 Å². The van der Waals surface area contributed by atoms with Crippen molar-refractivity contribution >= 4 is 17.4 Å². The number of aliphatic hydroxyl groups is 1. The van der Waals surface area contributed by atoms with Crippen LogP contribution in [-0.4, -0.2) is 28.7 Å². The lowest BCUT2D eigenvalue weighted by molar-refractivity contribution is -0.384. The topological polar surface area (TPSA) is 104 Å². The van der Waals surface area contributed by atoms with Crippen molar-refractivity contribution in [3.05, 3.63) is 34.4 Å². The Morgan fingerprint density at radius 3 is 2.48 bits per heavy atom. The first-order chi connectivity index (χ1) is 9.96. The summed E-state index contributed by atoms with van der Waals surface area (Å²) in [4.78, 5) is 21.9. The maximum atomic E-state index is 11.9. The number of carbonyl (C=O) groups is 1. The van der Waals surface area contributed by atoms with Gasteiger partial charge in [-0.25, -0.2) is 4.79 Å². The second-order valence-corrected chi connectivity index (χ2v) is 5.03. The van der Waals surface area contributed by atoms with E-state index >= 15 is 0 Å². The summed E-state index contributed by atoms with van der Waals surface area (Å²) in [5, 5.41) is 25.0. The summed E-state index contributed by atoms with van der Waals surface area (Å²) in [5.74, 6) is 0.120. The van der Waals surface area contributed by atoms with E-state index in [1.165, 1.54) is 24.3 Å². The molecular weight excluding hydrogens is 274 g/mol. The van der Waals surface area contributed by atoms with Crippen LogP contribution in [0.5, 0.6) is 0 Å². The summed E-state index contributed by atoms with van der Waals surface area (Å²) in [6.07, 6.45) is 1.46. The van der Waals surface area contributed by atoms with E-state index in [0.717, 1.165) is 6.42 Å². The van der Waals surface area contributed by atoms with E-state index in [4.69, 9.17) is 5.11 Å². The number of hydrogen-bond acceptors (Lipinski definition) is 4. The largest absolute Gasteiger partial charge is 0.396 e. The van der Waals surface area contributed by atoms with Crippen molar-refractivity contribution in [1.82, 2.24) is 5.32 Å². The van der Waals surface area contributed by atoms with Crippen molar-refractivity contribution in [3.63, 3.8) is 0 Å². The van der Waals surface area contributed by atoms with Crippen LogP contribution in [0.4, 0.5) is 16.2 Å². The van der Waals surface area contributed by atoms with E-state index in [2.05, 4.69) is 10.6 Å². The number of anilines is 1. The predicted octanol–water partition coefficient (Wildman–Crippen LogP) is 2.51. The van der Waals surface area contributed by atoms with Crippen molar-refractivity contribution in [2.45, 2.75) is 32.7 Å². The van der Waals surface area contributed by atoms with Gasteiger partial charge in [0.1, 0.15) is 0 Å². The van der Waals surface area contributed by atoms with Gasteiger partial charge in [-0.15, -0.1) is 0 Å². The summed E-state index contributed by atoms with van der Waals surface area (Å²) in [6, 6.07) is 5.25. The van der Waals surface area contributed by atoms with Crippen LogP contribution >= 0.6 is 0 Å². The molecule has 2 amide bonds. The number of benzene rings is 1. The standard InChI is InChI=1S/C14H21N3O4/c1-3-11(8-10(2)9-18)15-14(19)16-12-4-6-13(7-5-12)17(20)21/h4-7,10-11,18H,3,8-9H2,1-2H3,(H2,15,16,19)/t10-,11+/m1/s1. The van der Waals surface area contributed by atoms with Crippen molar-refractivity contribution in [1.29, 1.82) is 0 Å². The van der Waals surface area contributed by atoms with Crippen LogP contribution in [0.1, 0.15) is 26.7 Å². The van der Waals surface area contributed by atoms with Crippen LogP contribution in [-0.2, 0) is 0 Å². The summed E-state index contributed by atoms with van der Waals surface area (Å²) >= 11 is 0. The van der Waals surface area contributed by atoms with Crippen molar-refractivity contribution in [2.24, 2.45) is 5.92 Å². The van der Waals surface area contributed by atoms with E-state index in [-0.39, 0.29) is 30.3 Å². The second-order valence-electron chi connectivity index (χ2n) is 5.03. The molecule has 116 valence electrons. The molecule has 2 atom stereocenters. The Labute approximate surface area is 123 Å². The molecule has 0 saturated carbocycles. The quantitative estimate of drug-likeness (QED) is 0.531. The average molecular weight is 295 g/mol. The van der Waals surface area contributed by atoms with Gasteiger partial charge < -0.3 is 15.7 Å². The van der Waals surface area contributed by atoms with Crippen LogP contribution in [0.25, 0.3) is 0 Å². The Morgan fingerprint density at radius 1 is 1.38 bits per heavy atom. The molecule has 0 aromatic heterocycles. The molecule has 0 unspecified atom stereocenters. The maximum absolute atomic E-state index is 11.9. The molecule has 0 radical (unpaired) electrons. The molecular formula is C14H21N3O4. The minimum Gasteiger partial charge on any atom is -0.396 e. The lowest BCUT2D eigenvalue weighted by atomic mass is 10.0. The maximum Gasteiger partial charge on any atom is 0.319 e. The number of nitro groups is 1. The molecule has 0 aliphatic rings. The first kappa shape index (κ1) is 16.9. The SMILES string of the molecule is CC[C@@H](C[C@@H](C)CO)NC(=O)Nc1ccc([N+](=O)[O-])cc1. The zero-order valence-electron chi connectivity index (χ0n) is 12.2. The lowest BCUT2D eigenvalue weighted by Crippen LogP contribution is -2.38. The van der Waals surface area contributed by atoms with Gasteiger partial charge in [-0.3, -0.25) is 10.1 Å². The van der Waals surface area contributed by atoms with E-state index in [9.17, 15) is 14.9 Å². The minimum absolute atomic E-state index is 0.0230. The number of nitrogens with one attached hydrogen (secondary N) is 2. The third kappa shape index (κ3) is 5.78. The van der Waals surface area contributed by atoms with Crippen molar-refractivity contribution < 1.29 is 14.8 Å². The molecule has 0 bridgehead atoms. The van der Waals surface area contributed by atoms with Gasteiger partial charge in [0.25, 0.3) is 5.69 Å². The number of amides is 2. The molecule has 1 rings (SSSR count). The third-order valence-corrected chi connectivity index (χ3v) is 3.16. The first-order valence-electron chi connectivity index (χ1n) is 6.89. The molecule has 0 spiro atoms. The number of nitro benzene ring substituents is 1. The molecule has 7 nitrogen and oxygen atoms in total. The highest BCUT2D eigenvalue weighted by Gasteiger charge is 2.14. The molecule has 1 aromatic rings. The Morgan fingerprint density at radius 2 is 2.00 bits per heavy atom. The number of urea groups is 1. The minimum atomic E-state index is -0.493. The highest BCUT2D eigenvalue weighted by atomic mass is 16.6. The van der Waals surface area contributed by atoms with Gasteiger partial charge >= 0.3 is 6.03 Å². The van der Waals surface area contributed by atoms with Crippen LogP contribution < -0.4 is 10.6 Å². The molecule has 0 heterocycles. The fourth-order valence-corrected chi connectivity index (χ4v) is 1.91. The average Bonchev–Trinajstić information content (AvgIpc) is 2.46. The number of hydrogen-bond donors (Lipinski definition) is 3. The van der Waals surface area contributed by atoms with Gasteiger partial charge in [-0.2, -0.15) is 0 Å². The molecule has 0 aliphatic heterocycles. The van der Waals surface area contributed by atoms with Gasteiger partial charge in [-0.05, 0) is 30.9 Å². The summed E-state index contributed by atoms with van der Waals surface area (Å²) in [7, 11) is 0. The van der Waals surface area contributed by atoms with Gasteiger partial charge in [-0.1, -0.05) is 13.8 Å². The number of rotatable bonds is 7. The van der Waals surface area contributed by atoms with E-state index in [1.54, 1.807) is 0 Å². The Hall–Kier alpha value is -2.15. The van der Waals surface area contributed by atoms with Gasteiger partial charge in [0.2, 0.25) is 0 Å². The highest BCUT2D eigenvalue weighted by Crippen LogP contribution is 2.15. The molecule has 0 fully saturated rings. The van der Waals surface area contributed by atoms with Crippen LogP contribution in [0.15, 0.2) is 24.3 Å². The van der Waals surface area contributed by atoms with Gasteiger partial charge in [0, 0.05) is 30.5 Å². The first-order valence-corrected chi connectivity index (χ1v) is 6.89. The Bertz CT molecular complexity index is 476. The predicted molar refractivity (Wildman–Crippen MR) is 80.2 cm³/mol. The zero-order chi connectivity index (χ0) is 15.8. The van der Waals surface area contributed by atoms with Gasteiger partial charge in [0.15, 0.2) is 0 Å². The summed E-state index contributed by atoms with van der Waals surface area (Å²) in [6.45, 7) is 3.96. The van der Waals surface area contributed by atoms with E-state index < -0.39 is 4.92 Å². The summed E-state index contributed by atoms with van der Waals surface area (Å²) < 4.78 is 0. The van der Waals surface area contributed by atoms with Crippen LogP contribution in [0, 0.1) is 16.0 Å². The number of aliphatic hydroxyl groups excluding tert-OH is 1. The number of carbonyl (C=O) groups excluding carboxylic acids is 1. The Balaban J connectivity index is 2.53. The molecule has 7 heteroatoms. The van der Waals surface area contributed by atoms with E-state index in [0.29, 0.717) is 12.1 Å². The highest BCUT2D eigenvalue weighted by molar-refractivity contribution is 5.89. The smallest absolute Gasteiger partial charge is 0.319 e. The molecule has 21 heavy (non-hydrogen) atoms. The van der Waals surface area contributed by atoms with E-state index in [1.807, 2.05) is 13.8 Å². The van der Waals surface area contributed by atoms with Crippen molar-refractivity contribution in [3.8, 4) is 0 Å². The normalized spacial score (nSPS) is 13.3. The van der Waals surface area contributed by atoms with Crippen molar-refractivity contribution in [2.75, 3.05) is 11.9 Å². The number of non-ortho nitro benzene ring substituents is 1. The number of nitrogens with zero attached hydrogens (tertiary/aromatic N) is 1. The lowest BCUT2D eigenvalue weighted by Gasteiger charge is -2.20. The Kier molecular flexibility index (Phi) is 6.61. The molecule has 0 saturated heterocycles. The summed E-state index contributed by atoms with van der Waals surface area (Å²) in [5.41, 5.74) is 0.465. The van der Waals surface area contributed by atoms with Crippen LogP contribution in [0.2, 0.25) is 0 Å². The van der Waals surface area contributed by atoms with Crippen LogP contribution in [0.3, 0.4) is 0 Å². The fraction of sp³-hybridized carbons (Fsp3) is 0.500. The fourth-order valence-electron chi connectivity index (χ4n) is 1.91. The molecule has 1 aromatic carbocycles. The second kappa shape index (κ2) is 8.21. The monoisotopic (exact) mass is 295 g/mol. The molecule has 0 aliphatic carbocycles.